The third-order valence-corrected chi connectivity index (χ3v) is 25.0. The molecule has 10 aromatic carbocycles. The van der Waals surface area contributed by atoms with Crippen molar-refractivity contribution in [1.29, 1.82) is 0 Å². The average molecular weight is 1780 g/mol. The van der Waals surface area contributed by atoms with Gasteiger partial charge in [0.15, 0.2) is 19.7 Å². The van der Waals surface area contributed by atoms with Crippen LogP contribution in [0, 0.1) is 11.8 Å². The van der Waals surface area contributed by atoms with E-state index in [0.717, 1.165) is 98.4 Å². The molecular weight excluding hydrogens is 1680 g/mol. The van der Waals surface area contributed by atoms with E-state index in [2.05, 4.69) is 20.4 Å². The van der Waals surface area contributed by atoms with E-state index in [1.807, 2.05) is 109 Å². The third-order valence-electron chi connectivity index (χ3n) is 21.3. The Hall–Kier alpha value is -13.0. The number of likely N-dealkylation sites (tertiary alicyclic amines) is 2. The molecular formula is C94H94F6N4O20S2. The van der Waals surface area contributed by atoms with Gasteiger partial charge in [-0.15, -0.1) is 0 Å². The van der Waals surface area contributed by atoms with Gasteiger partial charge >= 0.3 is 48.2 Å². The number of hydrogen-bond acceptors (Lipinski definition) is 18. The van der Waals surface area contributed by atoms with E-state index in [1.54, 1.807) is 48.5 Å². The van der Waals surface area contributed by atoms with Gasteiger partial charge in [0.1, 0.15) is 23.6 Å². The van der Waals surface area contributed by atoms with E-state index in [4.69, 9.17) is 39.4 Å². The summed E-state index contributed by atoms with van der Waals surface area (Å²) in [5.74, 6) is -8.38. The number of aliphatic carboxylic acids is 4. The molecule has 2 saturated heterocycles. The lowest BCUT2D eigenvalue weighted by atomic mass is 9.88. The summed E-state index contributed by atoms with van der Waals surface area (Å²) >= 11 is 0. The van der Waals surface area contributed by atoms with Crippen molar-refractivity contribution >= 4 is 78.7 Å². The molecule has 10 aromatic rings. The van der Waals surface area contributed by atoms with E-state index >= 15 is 0 Å². The predicted molar refractivity (Wildman–Crippen MR) is 458 cm³/mol. The molecule has 2 fully saturated rings. The first kappa shape index (κ1) is 96.8. The van der Waals surface area contributed by atoms with Crippen LogP contribution in [0.2, 0.25) is 0 Å². The minimum absolute atomic E-state index is 0.0233. The fraction of sp³-hybridized carbons (Fsp3) is 0.277. The summed E-state index contributed by atoms with van der Waals surface area (Å²) in [6, 6.07) is 68.3. The maximum absolute atomic E-state index is 13.2. The summed E-state index contributed by atoms with van der Waals surface area (Å²) in [6.07, 6.45) is -6.58. The number of piperidine rings is 2. The fourth-order valence-electron chi connectivity index (χ4n) is 14.5. The number of rotatable bonds is 30. The Morgan fingerprint density at radius 2 is 0.698 bits per heavy atom. The highest BCUT2D eigenvalue weighted by Gasteiger charge is 2.37. The van der Waals surface area contributed by atoms with Crippen molar-refractivity contribution in [2.75, 3.05) is 76.8 Å². The molecule has 664 valence electrons. The number of carboxylic acid groups (broad SMARTS) is 4. The zero-order chi connectivity index (χ0) is 91.5. The highest BCUT2D eigenvalue weighted by atomic mass is 32.2. The molecule has 0 radical (unpaired) electrons. The van der Waals surface area contributed by atoms with Crippen molar-refractivity contribution in [2.45, 2.75) is 97.4 Å². The van der Waals surface area contributed by atoms with Crippen molar-refractivity contribution in [3.63, 3.8) is 0 Å². The number of amides is 2. The Morgan fingerprint density at radius 3 is 0.976 bits per heavy atom. The van der Waals surface area contributed by atoms with Gasteiger partial charge in [0.2, 0.25) is 0 Å². The van der Waals surface area contributed by atoms with Gasteiger partial charge < -0.3 is 50.0 Å². The number of methoxy groups -OCH3 is 4. The zero-order valence-corrected chi connectivity index (χ0v) is 70.5. The first-order valence-electron chi connectivity index (χ1n) is 39.7. The maximum Gasteiger partial charge on any atom is 0.416 e. The van der Waals surface area contributed by atoms with Gasteiger partial charge in [-0.05, 0) is 230 Å². The number of carbonyl (C=O) groups is 8. The number of benzene rings is 10. The molecule has 2 aliphatic heterocycles. The monoisotopic (exact) mass is 1780 g/mol. The second-order valence-electron chi connectivity index (χ2n) is 29.5. The number of sulfone groups is 2. The Labute approximate surface area is 724 Å². The summed E-state index contributed by atoms with van der Waals surface area (Å²) in [4.78, 5) is 98.9. The number of ether oxygens (including phenoxy) is 4. The van der Waals surface area contributed by atoms with Crippen LogP contribution in [0.4, 0.5) is 37.7 Å². The minimum atomic E-state index is -4.42. The van der Waals surface area contributed by atoms with E-state index in [-0.39, 0.29) is 46.4 Å². The number of hydrogen-bond donors (Lipinski definition) is 6. The van der Waals surface area contributed by atoms with E-state index in [1.165, 1.54) is 101 Å². The van der Waals surface area contributed by atoms with Gasteiger partial charge in [-0.2, -0.15) is 26.3 Å². The second kappa shape index (κ2) is 45.0. The Bertz CT molecular complexity index is 5220. The molecule has 0 aliphatic carbocycles. The molecule has 2 amide bonds. The van der Waals surface area contributed by atoms with Crippen molar-refractivity contribution in [2.24, 2.45) is 11.8 Å². The Morgan fingerprint density at radius 1 is 0.397 bits per heavy atom. The van der Waals surface area contributed by atoms with Crippen LogP contribution < -0.4 is 20.1 Å². The largest absolute Gasteiger partial charge is 0.497 e. The highest BCUT2D eigenvalue weighted by molar-refractivity contribution is 7.91. The molecule has 12 rings (SSSR count). The van der Waals surface area contributed by atoms with E-state index in [9.17, 15) is 81.5 Å². The number of nitrogens with zero attached hydrogens (tertiary/aromatic N) is 2. The summed E-state index contributed by atoms with van der Waals surface area (Å²) in [5.41, 5.74) is 6.81. The number of carbonyl (C=O) groups excluding carboxylic acids is 4. The fourth-order valence-corrected chi connectivity index (χ4v) is 17.7. The van der Waals surface area contributed by atoms with Crippen LogP contribution in [-0.2, 0) is 70.3 Å². The van der Waals surface area contributed by atoms with Crippen LogP contribution in [0.25, 0.3) is 22.3 Å². The lowest BCUT2D eigenvalue weighted by Gasteiger charge is -2.36. The molecule has 0 unspecified atom stereocenters. The topological polar surface area (TPSA) is 353 Å². The van der Waals surface area contributed by atoms with Crippen molar-refractivity contribution in [3.8, 4) is 33.8 Å². The number of halogens is 6. The Kier molecular flexibility index (Phi) is 34.6. The van der Waals surface area contributed by atoms with Gasteiger partial charge in [0.05, 0.1) is 72.7 Å². The number of anilines is 2. The first-order valence-corrected chi connectivity index (χ1v) is 43.0. The van der Waals surface area contributed by atoms with Gasteiger partial charge in [-0.25, -0.2) is 26.4 Å². The third kappa shape index (κ3) is 27.5. The zero-order valence-electron chi connectivity index (χ0n) is 68.9. The van der Waals surface area contributed by atoms with Crippen LogP contribution >= 0.6 is 0 Å². The van der Waals surface area contributed by atoms with Crippen LogP contribution in [0.3, 0.4) is 0 Å². The number of nitrogens with one attached hydrogen (secondary N) is 2. The van der Waals surface area contributed by atoms with Crippen LogP contribution in [0.15, 0.2) is 265 Å². The lowest BCUT2D eigenvalue weighted by molar-refractivity contribution is -0.148. The van der Waals surface area contributed by atoms with Gasteiger partial charge in [-0.1, -0.05) is 146 Å². The maximum atomic E-state index is 13.2. The quantitative estimate of drug-likeness (QED) is 0.0180. The standard InChI is InChI=1S/2C34H31F3N2O3.2C13H16O7S/c2*1-42-33(41)31(26-7-3-2-4-8-26)39-21-19-24(20-22-39)23-13-17-28(18-14-23)38-32(40)30-10-6-5-9-29(30)25-11-15-27(16-12-25)34(35,36)37;2*1-20-10-3-5-11(6-4-10)21(18,19)8-9(13(16)17)2-7-12(14)15/h2*2-18,24,31H,19-22H2,1H3,(H,38,40);2*3-6,9H,2,7-8H2,1H3,(H,14,15)(H,16,17)/t2*31-;2*9-/m1011/s1. The van der Waals surface area contributed by atoms with Crippen LogP contribution in [0.5, 0.6) is 11.5 Å². The molecule has 0 spiro atoms. The molecule has 32 heteroatoms. The second-order valence-corrected chi connectivity index (χ2v) is 33.6. The van der Waals surface area contributed by atoms with Crippen LogP contribution in [-0.4, -0.2) is 161 Å². The summed E-state index contributed by atoms with van der Waals surface area (Å²) in [6.45, 7) is 2.99. The van der Waals surface area contributed by atoms with E-state index in [0.29, 0.717) is 68.1 Å². The Balaban J connectivity index is 0.000000200. The molecule has 0 aromatic heterocycles. The molecule has 2 aliphatic rings. The summed E-state index contributed by atoms with van der Waals surface area (Å²) in [5, 5.41) is 41.0. The number of esters is 2. The molecule has 2 heterocycles. The first-order chi connectivity index (χ1) is 60.0. The smallest absolute Gasteiger partial charge is 0.416 e. The summed E-state index contributed by atoms with van der Waals surface area (Å²) < 4.78 is 147. The van der Waals surface area contributed by atoms with Crippen molar-refractivity contribution in [1.82, 2.24) is 9.80 Å². The normalized spacial score (nSPS) is 14.3. The molecule has 4 atom stereocenters. The molecule has 0 bridgehead atoms. The van der Waals surface area contributed by atoms with E-state index < -0.39 is 115 Å². The van der Waals surface area contributed by atoms with Gasteiger partial charge in [-0.3, -0.25) is 38.6 Å². The minimum Gasteiger partial charge on any atom is -0.497 e. The van der Waals surface area contributed by atoms with Crippen molar-refractivity contribution in [3.05, 3.63) is 299 Å². The lowest BCUT2D eigenvalue weighted by Crippen LogP contribution is -2.40. The van der Waals surface area contributed by atoms with Crippen LogP contribution in [0.1, 0.15) is 129 Å². The predicted octanol–water partition coefficient (Wildman–Crippen LogP) is 17.5. The molecule has 126 heavy (non-hydrogen) atoms. The van der Waals surface area contributed by atoms with Crippen molar-refractivity contribution < 1.29 is 121 Å². The molecule has 24 nitrogen and oxygen atoms in total. The SMILES string of the molecule is COC(=O)[C@@H](c1ccccc1)N1CCC(c2ccc(NC(=O)c3ccccc3-c3ccc(C(F)(F)F)cc3)cc2)CC1.COC(=O)[C@H](c1ccccc1)N1CCC(c2ccc(NC(=O)c3ccccc3-c3ccc(C(F)(F)F)cc3)cc2)CC1.COc1ccc(S(=O)(=O)C[C@@H](CCC(=O)O)C(=O)O)cc1.COc1ccc(S(=O)(=O)C[C@@H](CCC(=O)O)C(=O)O)cc1. The number of alkyl halides is 6. The van der Waals surface area contributed by atoms with Gasteiger partial charge in [0.25, 0.3) is 11.8 Å². The molecule has 0 saturated carbocycles. The molecule has 6 N–H and O–H groups in total. The highest BCUT2D eigenvalue weighted by Crippen LogP contribution is 2.39. The number of carboxylic acids is 4. The average Bonchev–Trinajstić information content (AvgIpc) is 0.809. The summed E-state index contributed by atoms with van der Waals surface area (Å²) in [7, 11) is -1.90. The van der Waals surface area contributed by atoms with Gasteiger partial charge in [0, 0.05) is 35.3 Å².